The number of hydrogen-bond acceptors (Lipinski definition) is 4. The van der Waals surface area contributed by atoms with E-state index in [2.05, 4.69) is 54.4 Å². The number of aromatic nitrogens is 1. The number of rotatable bonds is 5. The predicted octanol–water partition coefficient (Wildman–Crippen LogP) is 4.94. The zero-order chi connectivity index (χ0) is 18.8. The molecule has 1 fully saturated rings. The molecule has 27 heavy (non-hydrogen) atoms. The van der Waals surface area contributed by atoms with Gasteiger partial charge < -0.3 is 5.32 Å². The van der Waals surface area contributed by atoms with Crippen LogP contribution in [0.25, 0.3) is 10.2 Å². The predicted molar refractivity (Wildman–Crippen MR) is 112 cm³/mol. The van der Waals surface area contributed by atoms with E-state index < -0.39 is 0 Å². The van der Waals surface area contributed by atoms with Crippen LogP contribution in [-0.2, 0) is 11.2 Å². The number of carbonyl (C=O) groups is 1. The second kappa shape index (κ2) is 7.79. The first-order valence-corrected chi connectivity index (χ1v) is 10.4. The first-order valence-electron chi connectivity index (χ1n) is 9.63. The van der Waals surface area contributed by atoms with Crippen LogP contribution in [0.2, 0.25) is 0 Å². The summed E-state index contributed by atoms with van der Waals surface area (Å²) < 4.78 is 1.22. The largest absolute Gasteiger partial charge is 0.324 e. The fourth-order valence-electron chi connectivity index (χ4n) is 3.89. The monoisotopic (exact) mass is 379 g/mol. The molecule has 0 aliphatic carbocycles. The van der Waals surface area contributed by atoms with Gasteiger partial charge >= 0.3 is 0 Å². The second-order valence-corrected chi connectivity index (χ2v) is 8.22. The van der Waals surface area contributed by atoms with Crippen molar-refractivity contribution in [3.63, 3.8) is 0 Å². The summed E-state index contributed by atoms with van der Waals surface area (Å²) in [6, 6.07) is 14.7. The molecule has 0 saturated carbocycles. The lowest BCUT2D eigenvalue weighted by Crippen LogP contribution is -2.33. The van der Waals surface area contributed by atoms with Gasteiger partial charge in [0.05, 0.1) is 22.8 Å². The Bertz CT molecular complexity index is 932. The summed E-state index contributed by atoms with van der Waals surface area (Å²) in [5, 5.41) is 4.29. The Morgan fingerprint density at radius 2 is 2.11 bits per heavy atom. The van der Waals surface area contributed by atoms with Crippen molar-refractivity contribution in [2.75, 3.05) is 18.4 Å². The highest BCUT2D eigenvalue weighted by Gasteiger charge is 2.30. The average Bonchev–Trinajstić information content (AvgIpc) is 3.29. The molecule has 0 unspecified atom stereocenters. The van der Waals surface area contributed by atoms with Crippen molar-refractivity contribution in [2.45, 2.75) is 39.2 Å². The van der Waals surface area contributed by atoms with Gasteiger partial charge in [0.25, 0.3) is 0 Å². The average molecular weight is 380 g/mol. The van der Waals surface area contributed by atoms with Crippen LogP contribution in [0.4, 0.5) is 5.69 Å². The first-order chi connectivity index (χ1) is 13.2. The van der Waals surface area contributed by atoms with Crippen molar-refractivity contribution in [1.82, 2.24) is 9.88 Å². The number of fused-ring (bicyclic) bond motifs is 1. The number of anilines is 1. The number of hydrogen-bond donors (Lipinski definition) is 1. The minimum absolute atomic E-state index is 0.0620. The van der Waals surface area contributed by atoms with Crippen molar-refractivity contribution >= 4 is 33.1 Å². The van der Waals surface area contributed by atoms with Crippen LogP contribution >= 0.6 is 11.3 Å². The minimum atomic E-state index is 0.0620. The summed E-state index contributed by atoms with van der Waals surface area (Å²) in [6.45, 7) is 5.53. The number of para-hydroxylation sites is 2. The van der Waals surface area contributed by atoms with Crippen molar-refractivity contribution in [2.24, 2.45) is 0 Å². The van der Waals surface area contributed by atoms with E-state index in [1.165, 1.54) is 10.3 Å². The molecule has 2 aromatic carbocycles. The van der Waals surface area contributed by atoms with Gasteiger partial charge in [0.15, 0.2) is 0 Å². The maximum atomic E-state index is 12.8. The van der Waals surface area contributed by atoms with Crippen LogP contribution in [0.3, 0.4) is 0 Å². The molecule has 0 radical (unpaired) electrons. The van der Waals surface area contributed by atoms with E-state index in [1.54, 1.807) is 11.3 Å². The third kappa shape index (κ3) is 3.75. The van der Waals surface area contributed by atoms with E-state index in [-0.39, 0.29) is 11.9 Å². The highest BCUT2D eigenvalue weighted by atomic mass is 32.1. The molecule has 1 atom stereocenters. The topological polar surface area (TPSA) is 45.2 Å². The second-order valence-electron chi connectivity index (χ2n) is 7.16. The van der Waals surface area contributed by atoms with E-state index in [1.807, 2.05) is 12.1 Å². The summed E-state index contributed by atoms with van der Waals surface area (Å²) in [5.74, 6) is 0.0620. The quantitative estimate of drug-likeness (QED) is 0.683. The molecule has 1 N–H and O–H groups in total. The van der Waals surface area contributed by atoms with Gasteiger partial charge in [-0.1, -0.05) is 37.3 Å². The van der Waals surface area contributed by atoms with E-state index in [0.29, 0.717) is 6.54 Å². The Balaban J connectivity index is 1.49. The summed E-state index contributed by atoms with van der Waals surface area (Å²) in [5.41, 5.74) is 4.33. The molecular formula is C22H25N3OS. The molecular weight excluding hydrogens is 354 g/mol. The van der Waals surface area contributed by atoms with Gasteiger partial charge in [0, 0.05) is 5.69 Å². The normalized spacial score (nSPS) is 17.5. The molecule has 1 aliphatic rings. The van der Waals surface area contributed by atoms with Gasteiger partial charge in [-0.2, -0.15) is 0 Å². The van der Waals surface area contributed by atoms with Crippen LogP contribution in [0.15, 0.2) is 42.5 Å². The Morgan fingerprint density at radius 3 is 2.93 bits per heavy atom. The Kier molecular flexibility index (Phi) is 5.23. The Hall–Kier alpha value is -2.24. The number of nitrogens with zero attached hydrogens (tertiary/aromatic N) is 2. The fraction of sp³-hybridized carbons (Fsp3) is 0.364. The number of nitrogens with one attached hydrogen (secondary N) is 1. The van der Waals surface area contributed by atoms with Crippen molar-refractivity contribution < 1.29 is 4.79 Å². The first kappa shape index (κ1) is 18.1. The smallest absolute Gasteiger partial charge is 0.238 e. The van der Waals surface area contributed by atoms with Crippen LogP contribution < -0.4 is 5.32 Å². The number of amides is 1. The lowest BCUT2D eigenvalue weighted by atomic mass is 10.1. The highest BCUT2D eigenvalue weighted by Crippen LogP contribution is 2.36. The van der Waals surface area contributed by atoms with E-state index >= 15 is 0 Å². The lowest BCUT2D eigenvalue weighted by Gasteiger charge is -2.22. The summed E-state index contributed by atoms with van der Waals surface area (Å²) in [4.78, 5) is 19.9. The van der Waals surface area contributed by atoms with Gasteiger partial charge in [-0.15, -0.1) is 11.3 Å². The van der Waals surface area contributed by atoms with Crippen LogP contribution in [-0.4, -0.2) is 28.9 Å². The summed E-state index contributed by atoms with van der Waals surface area (Å²) >= 11 is 1.75. The van der Waals surface area contributed by atoms with Gasteiger partial charge in [0.1, 0.15) is 5.01 Å². The molecule has 1 saturated heterocycles. The number of likely N-dealkylation sites (tertiary alicyclic amines) is 1. The molecule has 2 heterocycles. The minimum Gasteiger partial charge on any atom is -0.324 e. The standard InChI is InChI=1S/C22H25N3OS/c1-3-16-9-6-8-15(2)21(16)24-20(26)14-25-13-7-11-18(25)22-23-17-10-4-5-12-19(17)27-22/h4-6,8-10,12,18H,3,7,11,13-14H2,1-2H3,(H,24,26)/t18-/m0/s1. The van der Waals surface area contributed by atoms with Crippen molar-refractivity contribution in [3.05, 3.63) is 58.6 Å². The SMILES string of the molecule is CCc1cccc(C)c1NC(=O)CN1CCC[C@H]1c1nc2ccccc2s1. The highest BCUT2D eigenvalue weighted by molar-refractivity contribution is 7.18. The third-order valence-corrected chi connectivity index (χ3v) is 6.45. The summed E-state index contributed by atoms with van der Waals surface area (Å²) in [7, 11) is 0. The molecule has 0 spiro atoms. The van der Waals surface area contributed by atoms with Gasteiger partial charge in [0.2, 0.25) is 5.91 Å². The zero-order valence-corrected chi connectivity index (χ0v) is 16.7. The molecule has 4 rings (SSSR count). The zero-order valence-electron chi connectivity index (χ0n) is 15.9. The van der Waals surface area contributed by atoms with Gasteiger partial charge in [-0.25, -0.2) is 4.98 Å². The number of benzene rings is 2. The number of aryl methyl sites for hydroxylation is 2. The molecule has 1 amide bonds. The molecule has 0 bridgehead atoms. The maximum Gasteiger partial charge on any atom is 0.238 e. The summed E-state index contributed by atoms with van der Waals surface area (Å²) in [6.07, 6.45) is 3.09. The molecule has 4 nitrogen and oxygen atoms in total. The number of carbonyl (C=O) groups excluding carboxylic acids is 1. The van der Waals surface area contributed by atoms with Crippen molar-refractivity contribution in [1.29, 1.82) is 0 Å². The molecule has 3 aromatic rings. The van der Waals surface area contributed by atoms with Gasteiger partial charge in [-0.05, 0) is 56.0 Å². The fourth-order valence-corrected chi connectivity index (χ4v) is 5.03. The Morgan fingerprint density at radius 1 is 1.26 bits per heavy atom. The van der Waals surface area contributed by atoms with E-state index in [9.17, 15) is 4.79 Å². The van der Waals surface area contributed by atoms with Crippen LogP contribution in [0.5, 0.6) is 0 Å². The number of thiazole rings is 1. The molecule has 1 aliphatic heterocycles. The maximum absolute atomic E-state index is 12.8. The Labute approximate surface area is 164 Å². The van der Waals surface area contributed by atoms with E-state index in [0.717, 1.165) is 47.6 Å². The van der Waals surface area contributed by atoms with Crippen molar-refractivity contribution in [3.8, 4) is 0 Å². The third-order valence-electron chi connectivity index (χ3n) is 5.31. The van der Waals surface area contributed by atoms with Crippen LogP contribution in [0.1, 0.15) is 41.9 Å². The molecule has 140 valence electrons. The molecule has 5 heteroatoms. The molecule has 1 aromatic heterocycles. The lowest BCUT2D eigenvalue weighted by molar-refractivity contribution is -0.117. The van der Waals surface area contributed by atoms with Crippen LogP contribution in [0, 0.1) is 6.92 Å². The van der Waals surface area contributed by atoms with Gasteiger partial charge in [-0.3, -0.25) is 9.69 Å². The van der Waals surface area contributed by atoms with E-state index in [4.69, 9.17) is 4.98 Å².